The summed E-state index contributed by atoms with van der Waals surface area (Å²) in [7, 11) is 0. The van der Waals surface area contributed by atoms with Crippen LogP contribution in [0.2, 0.25) is 0 Å². The Morgan fingerprint density at radius 1 is 1.22 bits per heavy atom. The van der Waals surface area contributed by atoms with E-state index in [4.69, 9.17) is 0 Å². The molecule has 1 saturated carbocycles. The van der Waals surface area contributed by atoms with Gasteiger partial charge in [-0.25, -0.2) is 0 Å². The van der Waals surface area contributed by atoms with E-state index in [0.717, 1.165) is 18.1 Å². The van der Waals surface area contributed by atoms with Gasteiger partial charge in [-0.2, -0.15) is 0 Å². The molecule has 0 bridgehead atoms. The van der Waals surface area contributed by atoms with Gasteiger partial charge in [0.2, 0.25) is 0 Å². The second kappa shape index (κ2) is 6.63. The number of hydrogen-bond donors (Lipinski definition) is 1. The Labute approximate surface area is 115 Å². The van der Waals surface area contributed by atoms with Crippen molar-refractivity contribution in [3.63, 3.8) is 0 Å². The van der Waals surface area contributed by atoms with Gasteiger partial charge in [0.1, 0.15) is 0 Å². The van der Waals surface area contributed by atoms with Crippen LogP contribution in [-0.2, 0) is 0 Å². The van der Waals surface area contributed by atoms with Gasteiger partial charge in [-0.1, -0.05) is 31.7 Å². The Morgan fingerprint density at radius 3 is 2.61 bits per heavy atom. The number of hydrogen-bond acceptors (Lipinski definition) is 2. The molecule has 0 amide bonds. The predicted molar refractivity (Wildman–Crippen MR) is 79.2 cm³/mol. The zero-order valence-corrected chi connectivity index (χ0v) is 12.3. The topological polar surface area (TPSA) is 20.2 Å². The number of benzene rings is 1. The second-order valence-electron chi connectivity index (χ2n) is 5.60. The van der Waals surface area contributed by atoms with Crippen molar-refractivity contribution in [2.45, 2.75) is 57.0 Å². The Balaban J connectivity index is 1.77. The van der Waals surface area contributed by atoms with Gasteiger partial charge in [-0.3, -0.25) is 0 Å². The molecule has 1 fully saturated rings. The molecule has 2 rings (SSSR count). The molecule has 1 unspecified atom stereocenters. The molecule has 1 nitrogen and oxygen atoms in total. The molecule has 18 heavy (non-hydrogen) atoms. The van der Waals surface area contributed by atoms with Crippen molar-refractivity contribution in [1.82, 2.24) is 0 Å². The van der Waals surface area contributed by atoms with Crippen molar-refractivity contribution in [2.24, 2.45) is 5.92 Å². The highest BCUT2D eigenvalue weighted by molar-refractivity contribution is 7.99. The molecule has 1 aromatic carbocycles. The number of aliphatic hydroxyl groups excluding tert-OH is 1. The maximum Gasteiger partial charge on any atom is 0.0636 e. The molecular weight excluding hydrogens is 240 g/mol. The van der Waals surface area contributed by atoms with Crippen LogP contribution < -0.4 is 0 Å². The van der Waals surface area contributed by atoms with Crippen molar-refractivity contribution in [1.29, 1.82) is 0 Å². The van der Waals surface area contributed by atoms with Crippen molar-refractivity contribution >= 4 is 11.8 Å². The quantitative estimate of drug-likeness (QED) is 0.798. The molecule has 0 aliphatic heterocycles. The van der Waals surface area contributed by atoms with Crippen LogP contribution in [0.1, 0.15) is 43.2 Å². The third-order valence-corrected chi connectivity index (χ3v) is 5.14. The standard InChI is InChI=1S/C16H24OS/c1-12-7-8-16(9-13(12)2)18-11-15(17)10-14-5-3-4-6-14/h7-9,14-15,17H,3-6,10-11H2,1-2H3. The van der Waals surface area contributed by atoms with E-state index in [1.807, 2.05) is 0 Å². The van der Waals surface area contributed by atoms with Crippen LogP contribution >= 0.6 is 11.8 Å². The van der Waals surface area contributed by atoms with E-state index in [9.17, 15) is 5.11 Å². The molecule has 0 saturated heterocycles. The van der Waals surface area contributed by atoms with E-state index < -0.39 is 0 Å². The van der Waals surface area contributed by atoms with Gasteiger partial charge in [0.15, 0.2) is 0 Å². The maximum atomic E-state index is 10.1. The van der Waals surface area contributed by atoms with Gasteiger partial charge >= 0.3 is 0 Å². The van der Waals surface area contributed by atoms with Gasteiger partial charge < -0.3 is 5.11 Å². The van der Waals surface area contributed by atoms with Gasteiger partial charge in [-0.05, 0) is 49.4 Å². The summed E-state index contributed by atoms with van der Waals surface area (Å²) in [5, 5.41) is 10.1. The minimum Gasteiger partial charge on any atom is -0.392 e. The number of rotatable bonds is 5. The maximum absolute atomic E-state index is 10.1. The highest BCUT2D eigenvalue weighted by Gasteiger charge is 2.18. The van der Waals surface area contributed by atoms with Crippen LogP contribution in [0.5, 0.6) is 0 Å². The fourth-order valence-electron chi connectivity index (χ4n) is 2.69. The first-order chi connectivity index (χ1) is 8.65. The zero-order valence-electron chi connectivity index (χ0n) is 11.5. The summed E-state index contributed by atoms with van der Waals surface area (Å²) in [6.07, 6.45) is 6.23. The highest BCUT2D eigenvalue weighted by atomic mass is 32.2. The largest absolute Gasteiger partial charge is 0.392 e. The zero-order chi connectivity index (χ0) is 13.0. The van der Waals surface area contributed by atoms with E-state index in [1.165, 1.54) is 41.7 Å². The molecular formula is C16H24OS. The van der Waals surface area contributed by atoms with Crippen LogP contribution in [0.15, 0.2) is 23.1 Å². The molecule has 1 atom stereocenters. The summed E-state index contributed by atoms with van der Waals surface area (Å²) in [5.74, 6) is 1.61. The van der Waals surface area contributed by atoms with Gasteiger partial charge in [0.05, 0.1) is 6.10 Å². The van der Waals surface area contributed by atoms with Crippen molar-refractivity contribution in [3.8, 4) is 0 Å². The van der Waals surface area contributed by atoms with Crippen molar-refractivity contribution in [3.05, 3.63) is 29.3 Å². The van der Waals surface area contributed by atoms with Crippen LogP contribution in [0.4, 0.5) is 0 Å². The normalized spacial score (nSPS) is 18.2. The minimum absolute atomic E-state index is 0.139. The first-order valence-corrected chi connectivity index (χ1v) is 8.02. The van der Waals surface area contributed by atoms with Crippen molar-refractivity contribution in [2.75, 3.05) is 5.75 Å². The average Bonchev–Trinajstić information content (AvgIpc) is 2.83. The van der Waals surface area contributed by atoms with E-state index in [2.05, 4.69) is 32.0 Å². The molecule has 1 aliphatic rings. The summed E-state index contributed by atoms with van der Waals surface area (Å²) in [6.45, 7) is 4.28. The lowest BCUT2D eigenvalue weighted by atomic mass is 10.0. The van der Waals surface area contributed by atoms with E-state index in [1.54, 1.807) is 11.8 Å². The highest BCUT2D eigenvalue weighted by Crippen LogP contribution is 2.30. The summed E-state index contributed by atoms with van der Waals surface area (Å²) in [6, 6.07) is 6.55. The Kier molecular flexibility index (Phi) is 5.13. The third-order valence-electron chi connectivity index (χ3n) is 4.00. The van der Waals surface area contributed by atoms with Crippen LogP contribution in [0.25, 0.3) is 0 Å². The van der Waals surface area contributed by atoms with E-state index in [-0.39, 0.29) is 6.10 Å². The second-order valence-corrected chi connectivity index (χ2v) is 6.69. The summed E-state index contributed by atoms with van der Waals surface area (Å²) < 4.78 is 0. The molecule has 0 spiro atoms. The Bertz CT molecular complexity index is 383. The SMILES string of the molecule is Cc1ccc(SCC(O)CC2CCCC2)cc1C. The smallest absolute Gasteiger partial charge is 0.0636 e. The first kappa shape index (κ1) is 14.0. The number of thioether (sulfide) groups is 1. The molecule has 1 N–H and O–H groups in total. The Hall–Kier alpha value is -0.470. The summed E-state index contributed by atoms with van der Waals surface area (Å²) in [4.78, 5) is 1.28. The molecule has 1 aromatic rings. The lowest BCUT2D eigenvalue weighted by molar-refractivity contribution is 0.166. The minimum atomic E-state index is -0.139. The summed E-state index contributed by atoms with van der Waals surface area (Å²) >= 11 is 1.78. The van der Waals surface area contributed by atoms with Crippen molar-refractivity contribution < 1.29 is 5.11 Å². The fraction of sp³-hybridized carbons (Fsp3) is 0.625. The number of aryl methyl sites for hydroxylation is 2. The van der Waals surface area contributed by atoms with Gasteiger partial charge in [0.25, 0.3) is 0 Å². The number of aliphatic hydroxyl groups is 1. The molecule has 0 heterocycles. The molecule has 100 valence electrons. The van der Waals surface area contributed by atoms with Gasteiger partial charge in [-0.15, -0.1) is 11.8 Å². The van der Waals surface area contributed by atoms with Gasteiger partial charge in [0, 0.05) is 10.6 Å². The lowest BCUT2D eigenvalue weighted by Gasteiger charge is -2.15. The first-order valence-electron chi connectivity index (χ1n) is 7.03. The van der Waals surface area contributed by atoms with Crippen LogP contribution in [0, 0.1) is 19.8 Å². The average molecular weight is 264 g/mol. The molecule has 0 radical (unpaired) electrons. The third kappa shape index (κ3) is 4.03. The predicted octanol–water partition coefficient (Wildman–Crippen LogP) is 4.34. The molecule has 1 aliphatic carbocycles. The van der Waals surface area contributed by atoms with E-state index >= 15 is 0 Å². The molecule has 2 heteroatoms. The molecule has 0 aromatic heterocycles. The monoisotopic (exact) mass is 264 g/mol. The lowest BCUT2D eigenvalue weighted by Crippen LogP contribution is -2.14. The Morgan fingerprint density at radius 2 is 1.94 bits per heavy atom. The fourth-order valence-corrected chi connectivity index (χ4v) is 3.64. The van der Waals surface area contributed by atoms with Crippen LogP contribution in [0.3, 0.4) is 0 Å². The van der Waals surface area contributed by atoms with Crippen LogP contribution in [-0.4, -0.2) is 17.0 Å². The summed E-state index contributed by atoms with van der Waals surface area (Å²) in [5.41, 5.74) is 2.68. The van der Waals surface area contributed by atoms with E-state index in [0.29, 0.717) is 0 Å².